The fourth-order valence-electron chi connectivity index (χ4n) is 4.73. The first kappa shape index (κ1) is 22.7. The average Bonchev–Trinajstić information content (AvgIpc) is 3.47. The predicted octanol–water partition coefficient (Wildman–Crippen LogP) is 4.04. The predicted molar refractivity (Wildman–Crippen MR) is 136 cm³/mol. The molecular formula is C27H29N5O3. The molecular weight excluding hydrogens is 442 g/mol. The number of aryl methyl sites for hydroxylation is 2. The van der Waals surface area contributed by atoms with Gasteiger partial charge >= 0.3 is 0 Å². The number of carbonyl (C=O) groups is 1. The smallest absolute Gasteiger partial charge is 0.251 e. The molecule has 1 fully saturated rings. The molecule has 0 aliphatic carbocycles. The van der Waals surface area contributed by atoms with Crippen molar-refractivity contribution in [2.24, 2.45) is 0 Å². The summed E-state index contributed by atoms with van der Waals surface area (Å²) in [7, 11) is 3.25. The molecule has 1 amide bonds. The van der Waals surface area contributed by atoms with Crippen LogP contribution in [0.25, 0.3) is 16.9 Å². The Morgan fingerprint density at radius 3 is 2.54 bits per heavy atom. The van der Waals surface area contributed by atoms with E-state index < -0.39 is 0 Å². The molecule has 1 aliphatic rings. The van der Waals surface area contributed by atoms with Gasteiger partial charge in [-0.25, -0.2) is 9.50 Å². The van der Waals surface area contributed by atoms with E-state index in [1.807, 2.05) is 66.9 Å². The Hall–Kier alpha value is -4.07. The summed E-state index contributed by atoms with van der Waals surface area (Å²) >= 11 is 0. The van der Waals surface area contributed by atoms with Crippen molar-refractivity contribution >= 4 is 17.2 Å². The fourth-order valence-corrected chi connectivity index (χ4v) is 4.73. The average molecular weight is 472 g/mol. The second-order valence-electron chi connectivity index (χ2n) is 8.79. The van der Waals surface area contributed by atoms with Gasteiger partial charge in [-0.1, -0.05) is 18.2 Å². The molecule has 2 aromatic heterocycles. The number of hydrogen-bond donors (Lipinski definition) is 1. The van der Waals surface area contributed by atoms with Crippen LogP contribution in [0, 0.1) is 13.8 Å². The van der Waals surface area contributed by atoms with Crippen LogP contribution in [0.1, 0.15) is 28.2 Å². The van der Waals surface area contributed by atoms with Crippen LogP contribution in [0.4, 0.5) is 5.69 Å². The SMILES string of the molecule is COc1ccc(-c2c(C)nc3c(N4CCC(NC(=O)c5ccccc5)C4)cc(C)nn23)cc1OC. The first-order valence-corrected chi connectivity index (χ1v) is 11.7. The van der Waals surface area contributed by atoms with Gasteiger partial charge in [-0.15, -0.1) is 0 Å². The van der Waals surface area contributed by atoms with E-state index in [0.717, 1.165) is 53.5 Å². The van der Waals surface area contributed by atoms with E-state index in [-0.39, 0.29) is 11.9 Å². The lowest BCUT2D eigenvalue weighted by molar-refractivity contribution is 0.0940. The molecule has 0 saturated carbocycles. The van der Waals surface area contributed by atoms with Crippen LogP contribution in [0.5, 0.6) is 11.5 Å². The normalized spacial score (nSPS) is 15.4. The summed E-state index contributed by atoms with van der Waals surface area (Å²) in [5.41, 5.74) is 6.13. The van der Waals surface area contributed by atoms with Gasteiger partial charge in [0.15, 0.2) is 17.1 Å². The second-order valence-corrected chi connectivity index (χ2v) is 8.79. The Morgan fingerprint density at radius 1 is 1.03 bits per heavy atom. The zero-order chi connectivity index (χ0) is 24.5. The highest BCUT2D eigenvalue weighted by molar-refractivity contribution is 5.94. The van der Waals surface area contributed by atoms with E-state index in [1.54, 1.807) is 14.2 Å². The first-order valence-electron chi connectivity index (χ1n) is 11.7. The quantitative estimate of drug-likeness (QED) is 0.457. The van der Waals surface area contributed by atoms with E-state index >= 15 is 0 Å². The molecule has 8 nitrogen and oxygen atoms in total. The summed E-state index contributed by atoms with van der Waals surface area (Å²) in [4.78, 5) is 19.8. The van der Waals surface area contributed by atoms with Crippen molar-refractivity contribution in [3.8, 4) is 22.8 Å². The number of hydrogen-bond acceptors (Lipinski definition) is 6. The molecule has 180 valence electrons. The van der Waals surface area contributed by atoms with Crippen molar-refractivity contribution in [3.05, 3.63) is 71.5 Å². The number of nitrogens with zero attached hydrogens (tertiary/aromatic N) is 4. The van der Waals surface area contributed by atoms with Crippen LogP contribution in [-0.2, 0) is 0 Å². The Bertz CT molecular complexity index is 1380. The molecule has 4 aromatic rings. The number of anilines is 1. The van der Waals surface area contributed by atoms with Gasteiger partial charge < -0.3 is 19.7 Å². The van der Waals surface area contributed by atoms with E-state index in [4.69, 9.17) is 19.6 Å². The van der Waals surface area contributed by atoms with Gasteiger partial charge in [0.2, 0.25) is 0 Å². The number of nitrogens with one attached hydrogen (secondary N) is 1. The van der Waals surface area contributed by atoms with Crippen molar-refractivity contribution in [2.75, 3.05) is 32.2 Å². The lowest BCUT2D eigenvalue weighted by atomic mass is 10.1. The van der Waals surface area contributed by atoms with Crippen molar-refractivity contribution in [2.45, 2.75) is 26.3 Å². The third kappa shape index (κ3) is 4.27. The number of methoxy groups -OCH3 is 2. The molecule has 1 saturated heterocycles. The van der Waals surface area contributed by atoms with Crippen LogP contribution >= 0.6 is 0 Å². The second kappa shape index (κ2) is 9.29. The summed E-state index contributed by atoms with van der Waals surface area (Å²) < 4.78 is 12.8. The van der Waals surface area contributed by atoms with Crippen molar-refractivity contribution in [1.29, 1.82) is 0 Å². The van der Waals surface area contributed by atoms with Crippen LogP contribution in [0.15, 0.2) is 54.6 Å². The molecule has 1 N–H and O–H groups in total. The van der Waals surface area contributed by atoms with Crippen molar-refractivity contribution in [3.63, 3.8) is 0 Å². The zero-order valence-corrected chi connectivity index (χ0v) is 20.4. The largest absolute Gasteiger partial charge is 0.493 e. The van der Waals surface area contributed by atoms with E-state index in [1.165, 1.54) is 0 Å². The zero-order valence-electron chi connectivity index (χ0n) is 20.4. The number of imidazole rings is 1. The highest BCUT2D eigenvalue weighted by Crippen LogP contribution is 2.35. The number of amides is 1. The molecule has 1 unspecified atom stereocenters. The highest BCUT2D eigenvalue weighted by Gasteiger charge is 2.28. The molecule has 0 spiro atoms. The van der Waals surface area contributed by atoms with Gasteiger partial charge in [-0.2, -0.15) is 5.10 Å². The Balaban J connectivity index is 1.46. The summed E-state index contributed by atoms with van der Waals surface area (Å²) in [5.74, 6) is 1.29. The number of aromatic nitrogens is 3. The maximum absolute atomic E-state index is 12.6. The number of carbonyl (C=O) groups excluding carboxylic acids is 1. The number of fused-ring (bicyclic) bond motifs is 1. The van der Waals surface area contributed by atoms with Crippen LogP contribution < -0.4 is 19.7 Å². The highest BCUT2D eigenvalue weighted by atomic mass is 16.5. The Kier molecular flexibility index (Phi) is 6.03. The van der Waals surface area contributed by atoms with Crippen molar-refractivity contribution < 1.29 is 14.3 Å². The minimum absolute atomic E-state index is 0.0408. The maximum atomic E-state index is 12.6. The topological polar surface area (TPSA) is 81.0 Å². The van der Waals surface area contributed by atoms with Crippen molar-refractivity contribution in [1.82, 2.24) is 19.9 Å². The molecule has 3 heterocycles. The maximum Gasteiger partial charge on any atom is 0.251 e. The lowest BCUT2D eigenvalue weighted by Gasteiger charge is -2.20. The van der Waals surface area contributed by atoms with Gasteiger partial charge in [0.1, 0.15) is 0 Å². The van der Waals surface area contributed by atoms with Crippen LogP contribution in [0.2, 0.25) is 0 Å². The molecule has 0 bridgehead atoms. The summed E-state index contributed by atoms with van der Waals surface area (Å²) in [6, 6.07) is 17.3. The molecule has 35 heavy (non-hydrogen) atoms. The molecule has 2 aromatic carbocycles. The van der Waals surface area contributed by atoms with Gasteiger partial charge in [0.25, 0.3) is 5.91 Å². The monoisotopic (exact) mass is 471 g/mol. The molecule has 1 atom stereocenters. The molecule has 0 radical (unpaired) electrons. The van der Waals surface area contributed by atoms with Gasteiger partial charge in [-0.05, 0) is 56.7 Å². The van der Waals surface area contributed by atoms with Gasteiger partial charge in [0.05, 0.1) is 37.0 Å². The van der Waals surface area contributed by atoms with Crippen LogP contribution in [-0.4, -0.2) is 53.9 Å². The minimum atomic E-state index is -0.0408. The van der Waals surface area contributed by atoms with Gasteiger partial charge in [0, 0.05) is 30.3 Å². The van der Waals surface area contributed by atoms with E-state index in [9.17, 15) is 4.79 Å². The third-order valence-corrected chi connectivity index (χ3v) is 6.42. The number of benzene rings is 2. The Morgan fingerprint density at radius 2 is 1.80 bits per heavy atom. The summed E-state index contributed by atoms with van der Waals surface area (Å²) in [5, 5.41) is 7.97. The summed E-state index contributed by atoms with van der Waals surface area (Å²) in [6.45, 7) is 5.53. The number of rotatable bonds is 6. The van der Waals surface area contributed by atoms with E-state index in [2.05, 4.69) is 16.3 Å². The minimum Gasteiger partial charge on any atom is -0.493 e. The fraction of sp³-hybridized carbons (Fsp3) is 0.296. The third-order valence-electron chi connectivity index (χ3n) is 6.42. The standard InChI is InChI=1S/C27H29N5O3/c1-17-14-22(31-13-12-21(16-31)29-27(33)19-8-6-5-7-9-19)26-28-18(2)25(32(26)30-17)20-10-11-23(34-3)24(15-20)35-4/h5-11,14-15,21H,12-13,16H2,1-4H3,(H,29,33). The lowest BCUT2D eigenvalue weighted by Crippen LogP contribution is -2.37. The molecule has 1 aliphatic heterocycles. The first-order chi connectivity index (χ1) is 17.0. The molecule has 8 heteroatoms. The van der Waals surface area contributed by atoms with Crippen LogP contribution in [0.3, 0.4) is 0 Å². The van der Waals surface area contributed by atoms with E-state index in [0.29, 0.717) is 17.1 Å². The molecule has 5 rings (SSSR count). The Labute approximate surface area is 204 Å². The summed E-state index contributed by atoms with van der Waals surface area (Å²) in [6.07, 6.45) is 0.869. The van der Waals surface area contributed by atoms with Gasteiger partial charge in [-0.3, -0.25) is 4.79 Å². The number of ether oxygens (including phenoxy) is 2.